The molecule has 1 N–H and O–H groups in total. The number of nitrogens with one attached hydrogen (secondary N) is 1. The van der Waals surface area contributed by atoms with E-state index in [4.69, 9.17) is 11.6 Å². The van der Waals surface area contributed by atoms with Gasteiger partial charge in [0.25, 0.3) is 0 Å². The summed E-state index contributed by atoms with van der Waals surface area (Å²) in [5.41, 5.74) is 1.51. The van der Waals surface area contributed by atoms with Crippen molar-refractivity contribution in [1.29, 1.82) is 0 Å². The second-order valence-corrected chi connectivity index (χ2v) is 9.48. The SMILES string of the molecule is Cc1cc(Cl)ccc1NC(=O)CCC(=O)N1CCN(S(=O)(=O)c2ccccc2)CC1. The number of sulfonamides is 1. The molecule has 0 aliphatic carbocycles. The molecule has 0 atom stereocenters. The maximum Gasteiger partial charge on any atom is 0.243 e. The van der Waals surface area contributed by atoms with Crippen LogP contribution in [0.3, 0.4) is 0 Å². The predicted octanol–water partition coefficient (Wildman–Crippen LogP) is 2.90. The van der Waals surface area contributed by atoms with Crippen LogP contribution in [0.2, 0.25) is 5.02 Å². The Hall–Kier alpha value is -2.42. The van der Waals surface area contributed by atoms with Crippen LogP contribution in [0.1, 0.15) is 18.4 Å². The molecule has 2 aromatic carbocycles. The first-order valence-electron chi connectivity index (χ1n) is 9.66. The summed E-state index contributed by atoms with van der Waals surface area (Å²) in [5, 5.41) is 3.38. The summed E-state index contributed by atoms with van der Waals surface area (Å²) in [6, 6.07) is 13.4. The predicted molar refractivity (Wildman–Crippen MR) is 116 cm³/mol. The molecule has 1 heterocycles. The number of carbonyl (C=O) groups excluding carboxylic acids is 2. The molecule has 0 radical (unpaired) electrons. The molecule has 2 amide bonds. The Morgan fingerprint density at radius 3 is 2.30 bits per heavy atom. The second kappa shape index (κ2) is 9.59. The molecule has 1 aliphatic heterocycles. The summed E-state index contributed by atoms with van der Waals surface area (Å²) < 4.78 is 26.7. The molecule has 0 saturated carbocycles. The highest BCUT2D eigenvalue weighted by molar-refractivity contribution is 7.89. The van der Waals surface area contributed by atoms with Gasteiger partial charge in [-0.15, -0.1) is 0 Å². The summed E-state index contributed by atoms with van der Waals surface area (Å²) in [4.78, 5) is 26.5. The van der Waals surface area contributed by atoms with Crippen LogP contribution >= 0.6 is 11.6 Å². The van der Waals surface area contributed by atoms with Crippen LogP contribution in [-0.2, 0) is 19.6 Å². The highest BCUT2D eigenvalue weighted by Crippen LogP contribution is 2.20. The van der Waals surface area contributed by atoms with Gasteiger partial charge in [0.2, 0.25) is 21.8 Å². The van der Waals surface area contributed by atoms with Gasteiger partial charge in [0, 0.05) is 49.7 Å². The lowest BCUT2D eigenvalue weighted by molar-refractivity contribution is -0.133. The van der Waals surface area contributed by atoms with Gasteiger partial charge in [0.15, 0.2) is 0 Å². The number of rotatable bonds is 6. The Labute approximate surface area is 181 Å². The maximum absolute atomic E-state index is 12.7. The minimum atomic E-state index is -3.56. The monoisotopic (exact) mass is 449 g/mol. The number of anilines is 1. The van der Waals surface area contributed by atoms with E-state index in [9.17, 15) is 18.0 Å². The second-order valence-electron chi connectivity index (χ2n) is 7.11. The first-order chi connectivity index (χ1) is 14.3. The lowest BCUT2D eigenvalue weighted by atomic mass is 10.2. The molecular formula is C21H24ClN3O4S. The largest absolute Gasteiger partial charge is 0.340 e. The van der Waals surface area contributed by atoms with E-state index in [0.29, 0.717) is 23.8 Å². The fourth-order valence-corrected chi connectivity index (χ4v) is 4.95. The van der Waals surface area contributed by atoms with Crippen LogP contribution in [-0.4, -0.2) is 55.6 Å². The van der Waals surface area contributed by atoms with E-state index in [-0.39, 0.29) is 42.6 Å². The molecule has 0 unspecified atom stereocenters. The van der Waals surface area contributed by atoms with Gasteiger partial charge in [-0.25, -0.2) is 8.42 Å². The molecule has 2 aromatic rings. The summed E-state index contributed by atoms with van der Waals surface area (Å²) in [6.45, 7) is 2.93. The molecule has 160 valence electrons. The zero-order valence-electron chi connectivity index (χ0n) is 16.7. The van der Waals surface area contributed by atoms with Crippen LogP contribution in [0, 0.1) is 6.92 Å². The molecule has 7 nitrogen and oxygen atoms in total. The highest BCUT2D eigenvalue weighted by atomic mass is 35.5. The summed E-state index contributed by atoms with van der Waals surface area (Å²) in [6.07, 6.45) is 0.132. The van der Waals surface area contributed by atoms with E-state index < -0.39 is 10.0 Å². The Bertz CT molecular complexity index is 1020. The number of halogens is 1. The number of benzene rings is 2. The number of piperazine rings is 1. The highest BCUT2D eigenvalue weighted by Gasteiger charge is 2.29. The van der Waals surface area contributed by atoms with E-state index in [1.54, 1.807) is 53.4 Å². The zero-order chi connectivity index (χ0) is 21.7. The van der Waals surface area contributed by atoms with Gasteiger partial charge in [0.05, 0.1) is 4.90 Å². The van der Waals surface area contributed by atoms with E-state index in [2.05, 4.69) is 5.32 Å². The Morgan fingerprint density at radius 2 is 1.67 bits per heavy atom. The number of carbonyl (C=O) groups is 2. The minimum absolute atomic E-state index is 0.0590. The molecule has 0 aromatic heterocycles. The summed E-state index contributed by atoms with van der Waals surface area (Å²) in [5.74, 6) is -0.409. The first kappa shape index (κ1) is 22.3. The number of hydrogen-bond acceptors (Lipinski definition) is 4. The van der Waals surface area contributed by atoms with Crippen molar-refractivity contribution < 1.29 is 18.0 Å². The van der Waals surface area contributed by atoms with Gasteiger partial charge in [-0.2, -0.15) is 4.31 Å². The lowest BCUT2D eigenvalue weighted by Crippen LogP contribution is -2.50. The van der Waals surface area contributed by atoms with E-state index in [0.717, 1.165) is 5.56 Å². The van der Waals surface area contributed by atoms with Gasteiger partial charge < -0.3 is 10.2 Å². The maximum atomic E-state index is 12.7. The van der Waals surface area contributed by atoms with Crippen molar-refractivity contribution in [3.63, 3.8) is 0 Å². The third-order valence-electron chi connectivity index (χ3n) is 5.00. The van der Waals surface area contributed by atoms with Crippen molar-refractivity contribution in [3.05, 3.63) is 59.1 Å². The normalized spacial score (nSPS) is 15.1. The van der Waals surface area contributed by atoms with Gasteiger partial charge in [0.1, 0.15) is 0 Å². The topological polar surface area (TPSA) is 86.8 Å². The van der Waals surface area contributed by atoms with Crippen molar-refractivity contribution in [3.8, 4) is 0 Å². The fourth-order valence-electron chi connectivity index (χ4n) is 3.28. The van der Waals surface area contributed by atoms with Gasteiger partial charge in [-0.3, -0.25) is 9.59 Å². The Kier molecular flexibility index (Phi) is 7.12. The average Bonchev–Trinajstić information content (AvgIpc) is 2.75. The lowest BCUT2D eigenvalue weighted by Gasteiger charge is -2.34. The van der Waals surface area contributed by atoms with E-state index >= 15 is 0 Å². The van der Waals surface area contributed by atoms with E-state index in [1.165, 1.54) is 4.31 Å². The molecule has 1 fully saturated rings. The molecule has 9 heteroatoms. The molecule has 3 rings (SSSR count). The molecule has 30 heavy (non-hydrogen) atoms. The molecule has 1 aliphatic rings. The van der Waals surface area contributed by atoms with Crippen molar-refractivity contribution in [1.82, 2.24) is 9.21 Å². The smallest absolute Gasteiger partial charge is 0.243 e. The van der Waals surface area contributed by atoms with Crippen LogP contribution in [0.4, 0.5) is 5.69 Å². The van der Waals surface area contributed by atoms with Crippen LogP contribution in [0.15, 0.2) is 53.4 Å². The van der Waals surface area contributed by atoms with Gasteiger partial charge in [-0.05, 0) is 42.8 Å². The summed E-state index contributed by atoms with van der Waals surface area (Å²) >= 11 is 5.91. The number of amides is 2. The number of hydrogen-bond donors (Lipinski definition) is 1. The number of aryl methyl sites for hydroxylation is 1. The molecule has 0 spiro atoms. The number of nitrogens with zero attached hydrogens (tertiary/aromatic N) is 2. The van der Waals surface area contributed by atoms with Crippen LogP contribution in [0.5, 0.6) is 0 Å². The summed E-state index contributed by atoms with van der Waals surface area (Å²) in [7, 11) is -3.56. The molecule has 1 saturated heterocycles. The van der Waals surface area contributed by atoms with Crippen LogP contribution < -0.4 is 5.32 Å². The van der Waals surface area contributed by atoms with Crippen molar-refractivity contribution in [2.45, 2.75) is 24.7 Å². The van der Waals surface area contributed by atoms with Crippen molar-refractivity contribution >= 4 is 39.1 Å². The fraction of sp³-hybridized carbons (Fsp3) is 0.333. The molecular weight excluding hydrogens is 426 g/mol. The molecule has 0 bridgehead atoms. The first-order valence-corrected chi connectivity index (χ1v) is 11.5. The standard InChI is InChI=1S/C21H24ClN3O4S/c1-16-15-17(22)7-8-19(16)23-20(26)9-10-21(27)24-11-13-25(14-12-24)30(28,29)18-5-3-2-4-6-18/h2-8,15H,9-14H2,1H3,(H,23,26). The minimum Gasteiger partial charge on any atom is -0.340 e. The quantitative estimate of drug-likeness (QED) is 0.734. The van der Waals surface area contributed by atoms with Gasteiger partial charge >= 0.3 is 0 Å². The van der Waals surface area contributed by atoms with Crippen molar-refractivity contribution in [2.75, 3.05) is 31.5 Å². The van der Waals surface area contributed by atoms with Crippen LogP contribution in [0.25, 0.3) is 0 Å². The Morgan fingerprint density at radius 1 is 1.00 bits per heavy atom. The van der Waals surface area contributed by atoms with Crippen molar-refractivity contribution in [2.24, 2.45) is 0 Å². The average molecular weight is 450 g/mol. The third-order valence-corrected chi connectivity index (χ3v) is 7.15. The van der Waals surface area contributed by atoms with E-state index in [1.807, 2.05) is 6.92 Å². The van der Waals surface area contributed by atoms with Gasteiger partial charge in [-0.1, -0.05) is 29.8 Å². The zero-order valence-corrected chi connectivity index (χ0v) is 18.2. The third kappa shape index (κ3) is 5.38. The Balaban J connectivity index is 1.48.